The van der Waals surface area contributed by atoms with Crippen LogP contribution in [0.15, 0.2) is 40.9 Å². The van der Waals surface area contributed by atoms with E-state index < -0.39 is 0 Å². The molecule has 1 aliphatic carbocycles. The molecule has 0 unspecified atom stereocenters. The summed E-state index contributed by atoms with van der Waals surface area (Å²) in [5.41, 5.74) is 1.77. The first kappa shape index (κ1) is 18.6. The summed E-state index contributed by atoms with van der Waals surface area (Å²) in [7, 11) is 0. The van der Waals surface area contributed by atoms with Gasteiger partial charge in [0.25, 0.3) is 5.91 Å². The Hall–Kier alpha value is -2.14. The summed E-state index contributed by atoms with van der Waals surface area (Å²) >= 11 is 0. The van der Waals surface area contributed by atoms with Gasteiger partial charge in [-0.15, -0.1) is 0 Å². The number of nitrogens with zero attached hydrogens (tertiary/aromatic N) is 2. The van der Waals surface area contributed by atoms with Crippen LogP contribution in [-0.4, -0.2) is 35.6 Å². The Bertz CT molecular complexity index is 701. The lowest BCUT2D eigenvalue weighted by Crippen LogP contribution is -2.32. The van der Waals surface area contributed by atoms with E-state index in [9.17, 15) is 4.79 Å². The van der Waals surface area contributed by atoms with E-state index in [0.29, 0.717) is 18.8 Å². The van der Waals surface area contributed by atoms with Crippen LogP contribution in [0.3, 0.4) is 0 Å². The minimum Gasteiger partial charge on any atom is -0.359 e. The van der Waals surface area contributed by atoms with Crippen molar-refractivity contribution in [3.8, 4) is 0 Å². The maximum Gasteiger partial charge on any atom is 0.273 e. The Morgan fingerprint density at radius 2 is 1.88 bits per heavy atom. The number of amides is 1. The maximum atomic E-state index is 12.5. The van der Waals surface area contributed by atoms with Gasteiger partial charge >= 0.3 is 0 Å². The number of carbonyl (C=O) groups excluding carboxylic acids is 1. The van der Waals surface area contributed by atoms with Crippen molar-refractivity contribution in [3.05, 3.63) is 53.4 Å². The van der Waals surface area contributed by atoms with Crippen LogP contribution in [-0.2, 0) is 12.0 Å². The molecule has 26 heavy (non-hydrogen) atoms. The molecular weight excluding hydrogens is 326 g/mol. The molecule has 0 atom stereocenters. The Morgan fingerprint density at radius 1 is 1.19 bits per heavy atom. The minimum absolute atomic E-state index is 0.0997. The Kier molecular flexibility index (Phi) is 6.09. The van der Waals surface area contributed by atoms with Crippen molar-refractivity contribution in [3.63, 3.8) is 0 Å². The van der Waals surface area contributed by atoms with Gasteiger partial charge in [-0.05, 0) is 44.3 Å². The van der Waals surface area contributed by atoms with Gasteiger partial charge in [0.2, 0.25) is 0 Å². The summed E-state index contributed by atoms with van der Waals surface area (Å²) in [5, 5.41) is 7.01. The van der Waals surface area contributed by atoms with Gasteiger partial charge in [0.1, 0.15) is 0 Å². The fraction of sp³-hybridized carbons (Fsp3) is 0.524. The molecule has 140 valence electrons. The van der Waals surface area contributed by atoms with E-state index in [1.807, 2.05) is 6.07 Å². The lowest BCUT2D eigenvalue weighted by Gasteiger charge is -2.18. The van der Waals surface area contributed by atoms with E-state index in [1.165, 1.54) is 5.56 Å². The van der Waals surface area contributed by atoms with Crippen molar-refractivity contribution < 1.29 is 9.32 Å². The van der Waals surface area contributed by atoms with E-state index >= 15 is 0 Å². The highest BCUT2D eigenvalue weighted by Gasteiger charge is 2.44. The highest BCUT2D eigenvalue weighted by molar-refractivity contribution is 5.92. The third-order valence-corrected chi connectivity index (χ3v) is 5.08. The van der Waals surface area contributed by atoms with Crippen molar-refractivity contribution >= 4 is 5.91 Å². The molecule has 1 aliphatic rings. The fourth-order valence-electron chi connectivity index (χ4n) is 3.47. The molecule has 0 spiro atoms. The van der Waals surface area contributed by atoms with Crippen molar-refractivity contribution in [2.45, 2.75) is 51.5 Å². The molecule has 0 saturated heterocycles. The van der Waals surface area contributed by atoms with Crippen LogP contribution in [0, 0.1) is 0 Å². The lowest BCUT2D eigenvalue weighted by molar-refractivity contribution is 0.0940. The maximum absolute atomic E-state index is 12.5. The predicted octanol–water partition coefficient (Wildman–Crippen LogP) is 3.76. The molecule has 1 N–H and O–H groups in total. The molecule has 1 aromatic heterocycles. The topological polar surface area (TPSA) is 58.4 Å². The van der Waals surface area contributed by atoms with Gasteiger partial charge in [-0.3, -0.25) is 9.69 Å². The molecular formula is C21H29N3O2. The fourth-order valence-corrected chi connectivity index (χ4v) is 3.47. The number of hydrogen-bond donors (Lipinski definition) is 1. The SMILES string of the molecule is CCCN(CCC)Cc1cc(C(=O)NCC2(c3ccccc3)CC2)no1. The van der Waals surface area contributed by atoms with Gasteiger partial charge in [0.15, 0.2) is 11.5 Å². The van der Waals surface area contributed by atoms with Crippen molar-refractivity contribution in [1.82, 2.24) is 15.4 Å². The summed E-state index contributed by atoms with van der Waals surface area (Å²) in [6.07, 6.45) is 4.43. The molecule has 1 saturated carbocycles. The Balaban J connectivity index is 1.55. The summed E-state index contributed by atoms with van der Waals surface area (Å²) in [6, 6.07) is 12.2. The molecule has 2 aromatic rings. The van der Waals surface area contributed by atoms with Crippen LogP contribution >= 0.6 is 0 Å². The first-order valence-electron chi connectivity index (χ1n) is 9.68. The van der Waals surface area contributed by atoms with Gasteiger partial charge < -0.3 is 9.84 Å². The zero-order chi connectivity index (χ0) is 18.4. The molecule has 1 fully saturated rings. The van der Waals surface area contributed by atoms with E-state index in [2.05, 4.69) is 53.5 Å². The van der Waals surface area contributed by atoms with E-state index in [-0.39, 0.29) is 11.3 Å². The van der Waals surface area contributed by atoms with Gasteiger partial charge in [0.05, 0.1) is 6.54 Å². The number of rotatable bonds is 10. The first-order valence-corrected chi connectivity index (χ1v) is 9.68. The third-order valence-electron chi connectivity index (χ3n) is 5.08. The molecule has 1 amide bonds. The van der Waals surface area contributed by atoms with Crippen molar-refractivity contribution in [2.24, 2.45) is 0 Å². The smallest absolute Gasteiger partial charge is 0.273 e. The van der Waals surface area contributed by atoms with Crippen LogP contribution in [0.1, 0.15) is 61.3 Å². The molecule has 5 nitrogen and oxygen atoms in total. The number of benzene rings is 1. The van der Waals surface area contributed by atoms with Crippen molar-refractivity contribution in [2.75, 3.05) is 19.6 Å². The monoisotopic (exact) mass is 355 g/mol. The summed E-state index contributed by atoms with van der Waals surface area (Å²) < 4.78 is 5.39. The number of nitrogens with one attached hydrogen (secondary N) is 1. The normalized spacial score (nSPS) is 15.2. The Morgan fingerprint density at radius 3 is 2.50 bits per heavy atom. The second-order valence-corrected chi connectivity index (χ2v) is 7.28. The first-order chi connectivity index (χ1) is 12.7. The number of hydrogen-bond acceptors (Lipinski definition) is 4. The molecule has 1 heterocycles. The minimum atomic E-state index is -0.153. The quantitative estimate of drug-likeness (QED) is 0.705. The predicted molar refractivity (Wildman–Crippen MR) is 102 cm³/mol. The van der Waals surface area contributed by atoms with Gasteiger partial charge in [-0.2, -0.15) is 0 Å². The zero-order valence-electron chi connectivity index (χ0n) is 15.8. The molecule has 0 bridgehead atoms. The largest absolute Gasteiger partial charge is 0.359 e. The summed E-state index contributed by atoms with van der Waals surface area (Å²) in [4.78, 5) is 14.8. The highest BCUT2D eigenvalue weighted by atomic mass is 16.5. The summed E-state index contributed by atoms with van der Waals surface area (Å²) in [6.45, 7) is 7.74. The lowest BCUT2D eigenvalue weighted by atomic mass is 9.96. The van der Waals surface area contributed by atoms with Crippen molar-refractivity contribution in [1.29, 1.82) is 0 Å². The van der Waals surface area contributed by atoms with Gasteiger partial charge in [-0.25, -0.2) is 0 Å². The zero-order valence-corrected chi connectivity index (χ0v) is 15.8. The second-order valence-electron chi connectivity index (χ2n) is 7.28. The van der Waals surface area contributed by atoms with Crippen LogP contribution in [0.2, 0.25) is 0 Å². The molecule has 0 radical (unpaired) electrons. The average Bonchev–Trinajstić information content (AvgIpc) is 3.32. The number of carbonyl (C=O) groups is 1. The number of aromatic nitrogens is 1. The average molecular weight is 355 g/mol. The van der Waals surface area contributed by atoms with Crippen LogP contribution in [0.4, 0.5) is 0 Å². The molecule has 0 aliphatic heterocycles. The van der Waals surface area contributed by atoms with E-state index in [0.717, 1.165) is 44.5 Å². The Labute approximate surface area is 155 Å². The third kappa shape index (κ3) is 4.52. The van der Waals surface area contributed by atoms with Gasteiger partial charge in [-0.1, -0.05) is 49.3 Å². The van der Waals surface area contributed by atoms with E-state index in [1.54, 1.807) is 6.07 Å². The highest BCUT2D eigenvalue weighted by Crippen LogP contribution is 2.47. The van der Waals surface area contributed by atoms with E-state index in [4.69, 9.17) is 4.52 Å². The molecule has 5 heteroatoms. The van der Waals surface area contributed by atoms with Crippen LogP contribution < -0.4 is 5.32 Å². The van der Waals surface area contributed by atoms with Crippen LogP contribution in [0.25, 0.3) is 0 Å². The second kappa shape index (κ2) is 8.49. The molecule has 3 rings (SSSR count). The van der Waals surface area contributed by atoms with Crippen LogP contribution in [0.5, 0.6) is 0 Å². The summed E-state index contributed by atoms with van der Waals surface area (Å²) in [5.74, 6) is 0.598. The molecule has 1 aromatic carbocycles. The van der Waals surface area contributed by atoms with Gasteiger partial charge in [0, 0.05) is 18.0 Å². The standard InChI is InChI=1S/C21H29N3O2/c1-3-12-24(13-4-2)15-18-14-19(23-26-18)20(25)22-16-21(10-11-21)17-8-6-5-7-9-17/h5-9,14H,3-4,10-13,15-16H2,1-2H3,(H,22,25).